The van der Waals surface area contributed by atoms with E-state index in [9.17, 15) is 17.6 Å². The van der Waals surface area contributed by atoms with Crippen molar-refractivity contribution in [2.24, 2.45) is 0 Å². The predicted octanol–water partition coefficient (Wildman–Crippen LogP) is 4.62. The molecular weight excluding hydrogens is 319 g/mol. The third-order valence-electron chi connectivity index (χ3n) is 3.56. The summed E-state index contributed by atoms with van der Waals surface area (Å²) in [5.41, 5.74) is -1.72. The molecule has 1 fully saturated rings. The SMILES string of the molecule is Fc1cc2nc(CCl)n(C3(C(F)(F)F)CC3)c2cc1Cl. The van der Waals surface area contributed by atoms with Crippen molar-refractivity contribution in [1.29, 1.82) is 0 Å². The van der Waals surface area contributed by atoms with Gasteiger partial charge < -0.3 is 4.57 Å². The molecule has 0 N–H and O–H groups in total. The van der Waals surface area contributed by atoms with Gasteiger partial charge >= 0.3 is 6.18 Å². The van der Waals surface area contributed by atoms with Crippen molar-refractivity contribution < 1.29 is 17.6 Å². The van der Waals surface area contributed by atoms with Gasteiger partial charge in [-0.25, -0.2) is 9.37 Å². The van der Waals surface area contributed by atoms with Crippen molar-refractivity contribution in [3.05, 3.63) is 28.8 Å². The van der Waals surface area contributed by atoms with Crippen LogP contribution in [0.25, 0.3) is 11.0 Å². The average molecular weight is 327 g/mol. The number of hydrogen-bond donors (Lipinski definition) is 0. The summed E-state index contributed by atoms with van der Waals surface area (Å²) in [6.45, 7) is 0. The summed E-state index contributed by atoms with van der Waals surface area (Å²) in [6.07, 6.45) is -4.50. The minimum atomic E-state index is -4.41. The zero-order valence-electron chi connectivity index (χ0n) is 9.94. The van der Waals surface area contributed by atoms with E-state index in [1.54, 1.807) is 0 Å². The minimum Gasteiger partial charge on any atom is -0.311 e. The second-order valence-corrected chi connectivity index (χ2v) is 5.46. The van der Waals surface area contributed by atoms with E-state index < -0.39 is 17.5 Å². The fourth-order valence-electron chi connectivity index (χ4n) is 2.44. The molecule has 0 spiro atoms. The van der Waals surface area contributed by atoms with Gasteiger partial charge in [-0.2, -0.15) is 13.2 Å². The van der Waals surface area contributed by atoms with Crippen LogP contribution in [0.3, 0.4) is 0 Å². The van der Waals surface area contributed by atoms with Gasteiger partial charge in [0, 0.05) is 6.07 Å². The Morgan fingerprint density at radius 3 is 2.45 bits per heavy atom. The molecule has 8 heteroatoms. The van der Waals surface area contributed by atoms with E-state index in [4.69, 9.17) is 23.2 Å². The lowest BCUT2D eigenvalue weighted by atomic mass is 10.2. The Hall–Kier alpha value is -1.01. The predicted molar refractivity (Wildman–Crippen MR) is 67.5 cm³/mol. The summed E-state index contributed by atoms with van der Waals surface area (Å²) >= 11 is 11.4. The van der Waals surface area contributed by atoms with Crippen LogP contribution in [0.1, 0.15) is 18.7 Å². The number of fused-ring (bicyclic) bond motifs is 1. The summed E-state index contributed by atoms with van der Waals surface area (Å²) in [4.78, 5) is 3.99. The van der Waals surface area contributed by atoms with Crippen LogP contribution < -0.4 is 0 Å². The normalized spacial score (nSPS) is 17.7. The van der Waals surface area contributed by atoms with Crippen molar-refractivity contribution in [1.82, 2.24) is 9.55 Å². The van der Waals surface area contributed by atoms with Crippen LogP contribution in [-0.4, -0.2) is 15.7 Å². The zero-order valence-corrected chi connectivity index (χ0v) is 11.5. The van der Waals surface area contributed by atoms with Crippen LogP contribution >= 0.6 is 23.2 Å². The van der Waals surface area contributed by atoms with Crippen LogP contribution in [0.2, 0.25) is 5.02 Å². The Bertz CT molecular complexity index is 689. The van der Waals surface area contributed by atoms with Crippen molar-refractivity contribution in [2.45, 2.75) is 30.4 Å². The molecule has 0 unspecified atom stereocenters. The molecular formula is C12H8Cl2F4N2. The summed E-state index contributed by atoms with van der Waals surface area (Å²) in [6, 6.07) is 2.19. The average Bonchev–Trinajstić information content (AvgIpc) is 3.09. The fourth-order valence-corrected chi connectivity index (χ4v) is 2.78. The van der Waals surface area contributed by atoms with Crippen LogP contribution in [0, 0.1) is 5.82 Å². The molecule has 1 aromatic heterocycles. The van der Waals surface area contributed by atoms with Crippen molar-refractivity contribution in [3.63, 3.8) is 0 Å². The lowest BCUT2D eigenvalue weighted by Crippen LogP contribution is -2.35. The van der Waals surface area contributed by atoms with E-state index >= 15 is 0 Å². The monoisotopic (exact) mass is 326 g/mol. The Labute approximate surface area is 121 Å². The molecule has 0 aliphatic heterocycles. The Morgan fingerprint density at radius 2 is 1.95 bits per heavy atom. The van der Waals surface area contributed by atoms with Gasteiger partial charge in [-0.3, -0.25) is 0 Å². The quantitative estimate of drug-likeness (QED) is 0.581. The van der Waals surface area contributed by atoms with Crippen molar-refractivity contribution in [3.8, 4) is 0 Å². The number of alkyl halides is 4. The minimum absolute atomic E-state index is 0.0408. The van der Waals surface area contributed by atoms with Gasteiger partial charge in [-0.1, -0.05) is 11.6 Å². The molecule has 20 heavy (non-hydrogen) atoms. The summed E-state index contributed by atoms with van der Waals surface area (Å²) < 4.78 is 54.3. The molecule has 108 valence electrons. The van der Waals surface area contributed by atoms with Crippen LogP contribution in [-0.2, 0) is 11.4 Å². The number of rotatable bonds is 2. The van der Waals surface area contributed by atoms with E-state index in [1.807, 2.05) is 0 Å². The molecule has 3 rings (SSSR count). The summed E-state index contributed by atoms with van der Waals surface area (Å²) in [7, 11) is 0. The third kappa shape index (κ3) is 1.81. The first kappa shape index (κ1) is 13.9. The maximum atomic E-state index is 13.4. The Morgan fingerprint density at radius 1 is 1.30 bits per heavy atom. The molecule has 0 bridgehead atoms. The van der Waals surface area contributed by atoms with E-state index in [-0.39, 0.29) is 40.6 Å². The highest BCUT2D eigenvalue weighted by molar-refractivity contribution is 6.31. The molecule has 2 nitrogen and oxygen atoms in total. The molecule has 1 aliphatic carbocycles. The summed E-state index contributed by atoms with van der Waals surface area (Å²) in [5, 5.41) is -0.238. The first-order valence-corrected chi connectivity index (χ1v) is 6.71. The molecule has 0 saturated heterocycles. The maximum Gasteiger partial charge on any atom is 0.412 e. The van der Waals surface area contributed by atoms with Crippen LogP contribution in [0.15, 0.2) is 12.1 Å². The summed E-state index contributed by atoms with van der Waals surface area (Å²) in [5.74, 6) is -0.842. The fraction of sp³-hybridized carbons (Fsp3) is 0.417. The number of aromatic nitrogens is 2. The molecule has 0 atom stereocenters. The van der Waals surface area contributed by atoms with Gasteiger partial charge in [0.1, 0.15) is 17.2 Å². The number of hydrogen-bond acceptors (Lipinski definition) is 1. The molecule has 1 saturated carbocycles. The van der Waals surface area contributed by atoms with Gasteiger partial charge in [-0.05, 0) is 18.9 Å². The highest BCUT2D eigenvalue weighted by Gasteiger charge is 2.65. The van der Waals surface area contributed by atoms with E-state index in [0.29, 0.717) is 0 Å². The Kier molecular flexibility index (Phi) is 2.96. The molecule has 2 aromatic rings. The first-order valence-electron chi connectivity index (χ1n) is 5.80. The Balaban J connectivity index is 2.32. The molecule has 1 heterocycles. The van der Waals surface area contributed by atoms with E-state index in [1.165, 1.54) is 6.07 Å². The second-order valence-electron chi connectivity index (χ2n) is 4.78. The van der Waals surface area contributed by atoms with E-state index in [0.717, 1.165) is 10.6 Å². The highest BCUT2D eigenvalue weighted by atomic mass is 35.5. The maximum absolute atomic E-state index is 13.4. The van der Waals surface area contributed by atoms with Gasteiger partial charge in [0.25, 0.3) is 0 Å². The van der Waals surface area contributed by atoms with Gasteiger partial charge in [-0.15, -0.1) is 11.6 Å². The first-order chi connectivity index (χ1) is 9.30. The number of halogens is 6. The van der Waals surface area contributed by atoms with E-state index in [2.05, 4.69) is 4.98 Å². The smallest absolute Gasteiger partial charge is 0.311 e. The van der Waals surface area contributed by atoms with Gasteiger partial charge in [0.05, 0.1) is 21.9 Å². The largest absolute Gasteiger partial charge is 0.412 e. The molecule has 1 aliphatic rings. The standard InChI is InChI=1S/C12H8Cl2F4N2/c13-5-10-19-8-4-7(15)6(14)3-9(8)20(10)11(1-2-11)12(16,17)18/h3-4H,1-2,5H2. The number of imidazole rings is 1. The zero-order chi connectivity index (χ0) is 14.7. The lowest BCUT2D eigenvalue weighted by Gasteiger charge is -2.23. The number of benzene rings is 1. The molecule has 1 aromatic carbocycles. The highest BCUT2D eigenvalue weighted by Crippen LogP contribution is 2.57. The lowest BCUT2D eigenvalue weighted by molar-refractivity contribution is -0.179. The third-order valence-corrected chi connectivity index (χ3v) is 4.09. The topological polar surface area (TPSA) is 17.8 Å². The molecule has 0 radical (unpaired) electrons. The molecule has 0 amide bonds. The van der Waals surface area contributed by atoms with Crippen molar-refractivity contribution >= 4 is 34.2 Å². The second kappa shape index (κ2) is 4.24. The van der Waals surface area contributed by atoms with Crippen LogP contribution in [0.4, 0.5) is 17.6 Å². The van der Waals surface area contributed by atoms with Crippen LogP contribution in [0.5, 0.6) is 0 Å². The van der Waals surface area contributed by atoms with Crippen molar-refractivity contribution in [2.75, 3.05) is 0 Å². The van der Waals surface area contributed by atoms with Gasteiger partial charge in [0.2, 0.25) is 0 Å². The van der Waals surface area contributed by atoms with Gasteiger partial charge in [0.15, 0.2) is 0 Å². The number of nitrogens with zero attached hydrogens (tertiary/aromatic N) is 2.